The Balaban J connectivity index is 2.69. The average molecular weight is 281 g/mol. The first-order chi connectivity index (χ1) is 6.17. The summed E-state index contributed by atoms with van der Waals surface area (Å²) in [6.45, 7) is 7.07. The third-order valence-corrected chi connectivity index (χ3v) is 7.04. The molecule has 0 heterocycles. The van der Waals surface area contributed by atoms with Crippen LogP contribution in [0.5, 0.6) is 0 Å². The van der Waals surface area contributed by atoms with Crippen molar-refractivity contribution in [3.05, 3.63) is 35.9 Å². The molecule has 70 valence electrons. The molecule has 0 amide bonds. The number of benzene rings is 1. The van der Waals surface area contributed by atoms with E-state index in [1.165, 1.54) is 14.4 Å². The molecule has 0 aliphatic carbocycles. The minimum absolute atomic E-state index is 0.0833. The van der Waals surface area contributed by atoms with Crippen LogP contribution in [0.2, 0.25) is 8.87 Å². The second kappa shape index (κ2) is 5.04. The zero-order chi connectivity index (χ0) is 9.73. The summed E-state index contributed by atoms with van der Waals surface area (Å²) in [6.07, 6.45) is 0. The number of hydrogen-bond acceptors (Lipinski definition) is 0. The number of hydrogen-bond donors (Lipinski definition) is 0. The van der Waals surface area contributed by atoms with Crippen LogP contribution in [0.1, 0.15) is 26.3 Å². The summed E-state index contributed by atoms with van der Waals surface area (Å²) >= 11 is -0.0833. The molecule has 0 saturated heterocycles. The van der Waals surface area contributed by atoms with Crippen LogP contribution in [0.25, 0.3) is 0 Å². The van der Waals surface area contributed by atoms with Crippen molar-refractivity contribution in [2.75, 3.05) is 0 Å². The molecule has 1 rings (SSSR count). The van der Waals surface area contributed by atoms with Gasteiger partial charge in [0.25, 0.3) is 0 Å². The van der Waals surface area contributed by atoms with Crippen LogP contribution in [0, 0.1) is 0 Å². The maximum atomic E-state index is 2.37. The van der Waals surface area contributed by atoms with Gasteiger partial charge in [0.1, 0.15) is 0 Å². The second-order valence-corrected chi connectivity index (χ2v) is 8.48. The quantitative estimate of drug-likeness (QED) is 0.741. The van der Waals surface area contributed by atoms with Gasteiger partial charge < -0.3 is 0 Å². The van der Waals surface area contributed by atoms with Crippen molar-refractivity contribution in [2.24, 2.45) is 0 Å². The van der Waals surface area contributed by atoms with Gasteiger partial charge in [-0.2, -0.15) is 0 Å². The molecule has 0 aromatic heterocycles. The van der Waals surface area contributed by atoms with Crippen molar-refractivity contribution in [3.8, 4) is 0 Å². The van der Waals surface area contributed by atoms with E-state index in [9.17, 15) is 0 Å². The van der Waals surface area contributed by atoms with Gasteiger partial charge in [-0.15, -0.1) is 0 Å². The molecule has 0 fully saturated rings. The fourth-order valence-corrected chi connectivity index (χ4v) is 4.51. The molecule has 0 nitrogen and oxygen atoms in total. The number of rotatable bonds is 4. The fraction of sp³-hybridized carbons (Fsp3) is 0.500. The second-order valence-electron chi connectivity index (χ2n) is 4.03. The van der Waals surface area contributed by atoms with Gasteiger partial charge in [0.2, 0.25) is 0 Å². The average Bonchev–Trinajstić information content (AvgIpc) is 2.16. The summed E-state index contributed by atoms with van der Waals surface area (Å²) in [6, 6.07) is 10.9. The predicted octanol–water partition coefficient (Wildman–Crippen LogP) is 3.52. The summed E-state index contributed by atoms with van der Waals surface area (Å²) in [4.78, 5) is 0. The van der Waals surface area contributed by atoms with Crippen LogP contribution in [-0.4, -0.2) is 21.1 Å². The third kappa shape index (κ3) is 3.34. The SMILES string of the molecule is C[CH2][Sn][CH2]C(C)(C)c1ccccc1. The van der Waals surface area contributed by atoms with Crippen molar-refractivity contribution < 1.29 is 0 Å². The van der Waals surface area contributed by atoms with Gasteiger partial charge in [-0.1, -0.05) is 0 Å². The molecule has 1 aromatic rings. The van der Waals surface area contributed by atoms with Gasteiger partial charge in [0, 0.05) is 0 Å². The first kappa shape index (κ1) is 11.1. The van der Waals surface area contributed by atoms with Gasteiger partial charge in [0.15, 0.2) is 0 Å². The molecular formula is C12H18Sn. The van der Waals surface area contributed by atoms with Crippen molar-refractivity contribution in [1.82, 2.24) is 0 Å². The van der Waals surface area contributed by atoms with Gasteiger partial charge in [-0.3, -0.25) is 0 Å². The van der Waals surface area contributed by atoms with Crippen LogP contribution in [-0.2, 0) is 5.41 Å². The van der Waals surface area contributed by atoms with E-state index in [4.69, 9.17) is 0 Å². The Hall–Kier alpha value is 0.0187. The molecule has 1 aromatic carbocycles. The Morgan fingerprint density at radius 1 is 1.15 bits per heavy atom. The summed E-state index contributed by atoms with van der Waals surface area (Å²) < 4.78 is 2.91. The Bertz CT molecular complexity index is 239. The molecular weight excluding hydrogens is 263 g/mol. The zero-order valence-electron chi connectivity index (χ0n) is 8.80. The zero-order valence-corrected chi connectivity index (χ0v) is 11.7. The first-order valence-corrected chi connectivity index (χ1v) is 8.96. The molecule has 0 saturated carbocycles. The summed E-state index contributed by atoms with van der Waals surface area (Å²) in [7, 11) is 0. The molecule has 0 bridgehead atoms. The van der Waals surface area contributed by atoms with E-state index in [0.717, 1.165) is 0 Å². The van der Waals surface area contributed by atoms with Gasteiger partial charge in [-0.05, 0) is 0 Å². The maximum absolute atomic E-state index is 2.37. The standard InChI is InChI=1S/C10H13.C2H5.Sn/c1-10(2,3)9-7-5-4-6-8-9;1-2;/h4-8H,1H2,2-3H3;1H2,2H3;. The molecule has 13 heavy (non-hydrogen) atoms. The van der Waals surface area contributed by atoms with Gasteiger partial charge >= 0.3 is 92.1 Å². The summed E-state index contributed by atoms with van der Waals surface area (Å²) in [5, 5.41) is 0. The van der Waals surface area contributed by atoms with Gasteiger partial charge in [0.05, 0.1) is 0 Å². The fourth-order valence-electron chi connectivity index (χ4n) is 1.43. The molecule has 0 atom stereocenters. The molecule has 1 heteroatoms. The van der Waals surface area contributed by atoms with Crippen LogP contribution in [0.4, 0.5) is 0 Å². The molecule has 0 spiro atoms. The topological polar surface area (TPSA) is 0 Å². The van der Waals surface area contributed by atoms with Gasteiger partial charge in [-0.25, -0.2) is 0 Å². The van der Waals surface area contributed by atoms with Crippen LogP contribution in [0.3, 0.4) is 0 Å². The van der Waals surface area contributed by atoms with Crippen molar-refractivity contribution in [1.29, 1.82) is 0 Å². The summed E-state index contributed by atoms with van der Waals surface area (Å²) in [5.74, 6) is 0. The Morgan fingerprint density at radius 3 is 2.31 bits per heavy atom. The van der Waals surface area contributed by atoms with E-state index in [1.807, 2.05) is 0 Å². The third-order valence-electron chi connectivity index (χ3n) is 2.37. The van der Waals surface area contributed by atoms with E-state index in [1.54, 1.807) is 0 Å². The monoisotopic (exact) mass is 282 g/mol. The van der Waals surface area contributed by atoms with E-state index in [-0.39, 0.29) is 21.1 Å². The van der Waals surface area contributed by atoms with Crippen LogP contribution in [0.15, 0.2) is 30.3 Å². The minimum atomic E-state index is -0.0833. The molecule has 0 unspecified atom stereocenters. The van der Waals surface area contributed by atoms with E-state index < -0.39 is 0 Å². The van der Waals surface area contributed by atoms with E-state index in [0.29, 0.717) is 5.41 Å². The Morgan fingerprint density at radius 2 is 1.77 bits per heavy atom. The first-order valence-electron chi connectivity index (χ1n) is 4.93. The van der Waals surface area contributed by atoms with E-state index in [2.05, 4.69) is 51.1 Å². The summed E-state index contributed by atoms with van der Waals surface area (Å²) in [5.41, 5.74) is 1.92. The molecule has 0 N–H and O–H groups in total. The Labute approximate surface area is 92.0 Å². The van der Waals surface area contributed by atoms with Crippen molar-refractivity contribution in [2.45, 2.75) is 35.1 Å². The molecule has 2 radical (unpaired) electrons. The normalized spacial score (nSPS) is 11.6. The predicted molar refractivity (Wildman–Crippen MR) is 60.5 cm³/mol. The molecule has 0 aliphatic rings. The van der Waals surface area contributed by atoms with Crippen LogP contribution >= 0.6 is 0 Å². The van der Waals surface area contributed by atoms with Crippen LogP contribution < -0.4 is 0 Å². The Kier molecular flexibility index (Phi) is 4.30. The van der Waals surface area contributed by atoms with Crippen molar-refractivity contribution >= 4 is 21.1 Å². The van der Waals surface area contributed by atoms with E-state index >= 15 is 0 Å². The van der Waals surface area contributed by atoms with Crippen molar-refractivity contribution in [3.63, 3.8) is 0 Å². The molecule has 0 aliphatic heterocycles.